The van der Waals surface area contributed by atoms with Crippen molar-refractivity contribution in [2.45, 2.75) is 19.3 Å². The maximum atomic E-state index is 5.81. The minimum atomic E-state index is 0.446. The van der Waals surface area contributed by atoms with E-state index < -0.39 is 0 Å². The monoisotopic (exact) mass is 339 g/mol. The SMILES string of the molecule is Cc1nc(N(C)Cc2cccc(Br)c2)ncc1CCl. The molecule has 0 atom stereocenters. The van der Waals surface area contributed by atoms with Crippen LogP contribution in [-0.2, 0) is 12.4 Å². The van der Waals surface area contributed by atoms with Crippen LogP contribution in [0, 0.1) is 6.92 Å². The Bertz CT molecular complexity index is 574. The number of hydrogen-bond donors (Lipinski definition) is 0. The average Bonchev–Trinajstić information content (AvgIpc) is 2.38. The standard InChI is InChI=1S/C14H15BrClN3/c1-10-12(7-16)8-17-14(18-10)19(2)9-11-4-3-5-13(15)6-11/h3-6,8H,7,9H2,1-2H3. The lowest BCUT2D eigenvalue weighted by atomic mass is 10.2. The number of aromatic nitrogens is 2. The number of alkyl halides is 1. The van der Waals surface area contributed by atoms with Gasteiger partial charge in [-0.15, -0.1) is 11.6 Å². The van der Waals surface area contributed by atoms with Gasteiger partial charge in [-0.2, -0.15) is 0 Å². The molecular weight excluding hydrogens is 326 g/mol. The van der Waals surface area contributed by atoms with Crippen LogP contribution in [0.15, 0.2) is 34.9 Å². The molecule has 0 spiro atoms. The summed E-state index contributed by atoms with van der Waals surface area (Å²) >= 11 is 9.29. The fourth-order valence-electron chi connectivity index (χ4n) is 1.77. The minimum Gasteiger partial charge on any atom is -0.340 e. The molecule has 1 heterocycles. The molecule has 0 amide bonds. The molecule has 2 rings (SSSR count). The first-order valence-electron chi connectivity index (χ1n) is 5.94. The van der Waals surface area contributed by atoms with Crippen LogP contribution < -0.4 is 4.90 Å². The van der Waals surface area contributed by atoms with Gasteiger partial charge in [-0.25, -0.2) is 9.97 Å². The molecule has 0 saturated heterocycles. The van der Waals surface area contributed by atoms with Crippen LogP contribution in [0.4, 0.5) is 5.95 Å². The van der Waals surface area contributed by atoms with Gasteiger partial charge in [0, 0.05) is 35.5 Å². The van der Waals surface area contributed by atoms with E-state index in [2.05, 4.69) is 38.0 Å². The molecule has 2 aromatic rings. The highest BCUT2D eigenvalue weighted by molar-refractivity contribution is 9.10. The summed E-state index contributed by atoms with van der Waals surface area (Å²) in [5, 5.41) is 0. The molecule has 0 fully saturated rings. The lowest BCUT2D eigenvalue weighted by Crippen LogP contribution is -2.19. The van der Waals surface area contributed by atoms with E-state index in [4.69, 9.17) is 11.6 Å². The second kappa shape index (κ2) is 6.35. The molecule has 0 saturated carbocycles. The van der Waals surface area contributed by atoms with Crippen LogP contribution in [0.1, 0.15) is 16.8 Å². The van der Waals surface area contributed by atoms with E-state index in [1.165, 1.54) is 5.56 Å². The van der Waals surface area contributed by atoms with E-state index in [9.17, 15) is 0 Å². The number of aryl methyl sites for hydroxylation is 1. The third-order valence-electron chi connectivity index (χ3n) is 2.86. The summed E-state index contributed by atoms with van der Waals surface area (Å²) in [5.41, 5.74) is 3.11. The molecular formula is C14H15BrClN3. The molecule has 100 valence electrons. The smallest absolute Gasteiger partial charge is 0.225 e. The third-order valence-corrected chi connectivity index (χ3v) is 3.64. The Morgan fingerprint density at radius 3 is 2.79 bits per heavy atom. The van der Waals surface area contributed by atoms with Crippen molar-refractivity contribution in [2.24, 2.45) is 0 Å². The van der Waals surface area contributed by atoms with Crippen LogP contribution in [0.25, 0.3) is 0 Å². The van der Waals surface area contributed by atoms with E-state index in [1.807, 2.05) is 31.0 Å². The molecule has 1 aromatic carbocycles. The summed E-state index contributed by atoms with van der Waals surface area (Å²) in [5.74, 6) is 1.16. The van der Waals surface area contributed by atoms with Crippen molar-refractivity contribution >= 4 is 33.5 Å². The van der Waals surface area contributed by atoms with Gasteiger partial charge in [0.05, 0.1) is 5.88 Å². The van der Waals surface area contributed by atoms with Crippen LogP contribution in [0.3, 0.4) is 0 Å². The molecule has 0 aliphatic heterocycles. The molecule has 0 radical (unpaired) electrons. The summed E-state index contributed by atoms with van der Waals surface area (Å²) in [6.45, 7) is 2.72. The molecule has 1 aromatic heterocycles. The van der Waals surface area contributed by atoms with Crippen LogP contribution in [0.2, 0.25) is 0 Å². The summed E-state index contributed by atoms with van der Waals surface area (Å²) in [4.78, 5) is 10.8. The Labute approximate surface area is 126 Å². The van der Waals surface area contributed by atoms with Crippen molar-refractivity contribution in [3.8, 4) is 0 Å². The molecule has 0 unspecified atom stereocenters. The number of halogens is 2. The van der Waals surface area contributed by atoms with Crippen molar-refractivity contribution in [2.75, 3.05) is 11.9 Å². The Hall–Kier alpha value is -1.13. The summed E-state index contributed by atoms with van der Waals surface area (Å²) in [6, 6.07) is 8.22. The van der Waals surface area contributed by atoms with Gasteiger partial charge in [0.1, 0.15) is 0 Å². The van der Waals surface area contributed by atoms with E-state index in [-0.39, 0.29) is 0 Å². The minimum absolute atomic E-state index is 0.446. The van der Waals surface area contributed by atoms with Crippen LogP contribution >= 0.6 is 27.5 Å². The summed E-state index contributed by atoms with van der Waals surface area (Å²) in [7, 11) is 1.98. The third kappa shape index (κ3) is 3.67. The van der Waals surface area contributed by atoms with Crippen molar-refractivity contribution in [1.29, 1.82) is 0 Å². The van der Waals surface area contributed by atoms with E-state index in [1.54, 1.807) is 6.20 Å². The van der Waals surface area contributed by atoms with Gasteiger partial charge in [-0.3, -0.25) is 0 Å². The quantitative estimate of drug-likeness (QED) is 0.790. The molecule has 3 nitrogen and oxygen atoms in total. The highest BCUT2D eigenvalue weighted by atomic mass is 79.9. The van der Waals surface area contributed by atoms with Gasteiger partial charge < -0.3 is 4.90 Å². The van der Waals surface area contributed by atoms with E-state index in [0.717, 1.165) is 22.3 Å². The Balaban J connectivity index is 2.15. The van der Waals surface area contributed by atoms with Crippen LogP contribution in [-0.4, -0.2) is 17.0 Å². The second-order valence-electron chi connectivity index (χ2n) is 4.40. The first-order chi connectivity index (χ1) is 9.10. The predicted molar refractivity (Wildman–Crippen MR) is 82.6 cm³/mol. The van der Waals surface area contributed by atoms with Crippen molar-refractivity contribution in [3.05, 3.63) is 51.8 Å². The number of rotatable bonds is 4. The molecule has 0 bridgehead atoms. The van der Waals surface area contributed by atoms with Crippen molar-refractivity contribution in [3.63, 3.8) is 0 Å². The molecule has 0 aliphatic rings. The van der Waals surface area contributed by atoms with Crippen LogP contribution in [0.5, 0.6) is 0 Å². The highest BCUT2D eigenvalue weighted by Crippen LogP contribution is 2.16. The topological polar surface area (TPSA) is 29.0 Å². The van der Waals surface area contributed by atoms with E-state index in [0.29, 0.717) is 11.8 Å². The maximum absolute atomic E-state index is 5.81. The molecule has 5 heteroatoms. The number of benzene rings is 1. The summed E-state index contributed by atoms with van der Waals surface area (Å²) < 4.78 is 1.08. The van der Waals surface area contributed by atoms with Crippen molar-refractivity contribution in [1.82, 2.24) is 9.97 Å². The Morgan fingerprint density at radius 2 is 2.16 bits per heavy atom. The van der Waals surface area contributed by atoms with Gasteiger partial charge in [-0.05, 0) is 24.6 Å². The zero-order valence-corrected chi connectivity index (χ0v) is 13.2. The fourth-order valence-corrected chi connectivity index (χ4v) is 2.48. The van der Waals surface area contributed by atoms with Gasteiger partial charge in [-0.1, -0.05) is 28.1 Å². The second-order valence-corrected chi connectivity index (χ2v) is 5.58. The lowest BCUT2D eigenvalue weighted by Gasteiger charge is -2.18. The highest BCUT2D eigenvalue weighted by Gasteiger charge is 2.08. The van der Waals surface area contributed by atoms with Gasteiger partial charge >= 0.3 is 0 Å². The average molecular weight is 341 g/mol. The first kappa shape index (κ1) is 14.3. The van der Waals surface area contributed by atoms with Gasteiger partial charge in [0.15, 0.2) is 0 Å². The summed E-state index contributed by atoms with van der Waals surface area (Å²) in [6.07, 6.45) is 1.79. The van der Waals surface area contributed by atoms with Gasteiger partial charge in [0.2, 0.25) is 5.95 Å². The van der Waals surface area contributed by atoms with Gasteiger partial charge in [0.25, 0.3) is 0 Å². The largest absolute Gasteiger partial charge is 0.340 e. The zero-order chi connectivity index (χ0) is 13.8. The zero-order valence-electron chi connectivity index (χ0n) is 10.9. The molecule has 0 N–H and O–H groups in total. The lowest BCUT2D eigenvalue weighted by molar-refractivity contribution is 0.853. The number of hydrogen-bond acceptors (Lipinski definition) is 3. The Morgan fingerprint density at radius 1 is 1.37 bits per heavy atom. The number of anilines is 1. The van der Waals surface area contributed by atoms with Crippen molar-refractivity contribution < 1.29 is 0 Å². The molecule has 19 heavy (non-hydrogen) atoms. The Kier molecular flexibility index (Phi) is 4.77. The first-order valence-corrected chi connectivity index (χ1v) is 7.27. The van der Waals surface area contributed by atoms with E-state index >= 15 is 0 Å². The molecule has 0 aliphatic carbocycles. The maximum Gasteiger partial charge on any atom is 0.225 e. The number of nitrogens with zero attached hydrogens (tertiary/aromatic N) is 3. The fraction of sp³-hybridized carbons (Fsp3) is 0.286. The predicted octanol–water partition coefficient (Wildman–Crippen LogP) is 3.92. The normalized spacial score (nSPS) is 10.5.